The van der Waals surface area contributed by atoms with Crippen LogP contribution in [-0.4, -0.2) is 12.5 Å². The van der Waals surface area contributed by atoms with Gasteiger partial charge in [0.25, 0.3) is 5.91 Å². The van der Waals surface area contributed by atoms with E-state index in [0.29, 0.717) is 16.5 Å². The highest BCUT2D eigenvalue weighted by Crippen LogP contribution is 2.28. The summed E-state index contributed by atoms with van der Waals surface area (Å²) in [6.45, 7) is -3.15. The number of anilines is 1. The molecule has 0 bridgehead atoms. The third-order valence-electron chi connectivity index (χ3n) is 3.50. The highest BCUT2D eigenvalue weighted by atomic mass is 35.5. The van der Waals surface area contributed by atoms with E-state index in [9.17, 15) is 18.0 Å². The van der Waals surface area contributed by atoms with Crippen molar-refractivity contribution in [1.29, 1.82) is 0 Å². The van der Waals surface area contributed by atoms with Crippen LogP contribution in [0.5, 0.6) is 11.5 Å². The highest BCUT2D eigenvalue weighted by Gasteiger charge is 2.17. The number of halogens is 4. The molecule has 3 aromatic rings. The number of hydrogen-bond donors (Lipinski definition) is 1. The van der Waals surface area contributed by atoms with E-state index >= 15 is 0 Å². The van der Waals surface area contributed by atoms with Crippen molar-refractivity contribution >= 4 is 23.2 Å². The molecule has 0 fully saturated rings. The van der Waals surface area contributed by atoms with E-state index in [-0.39, 0.29) is 18.1 Å². The van der Waals surface area contributed by atoms with Gasteiger partial charge in [-0.05, 0) is 36.4 Å². The summed E-state index contributed by atoms with van der Waals surface area (Å²) in [5, 5.41) is 2.76. The fourth-order valence-corrected chi connectivity index (χ4v) is 2.46. The van der Waals surface area contributed by atoms with Crippen molar-refractivity contribution in [2.24, 2.45) is 0 Å². The van der Waals surface area contributed by atoms with E-state index in [1.165, 1.54) is 12.1 Å². The van der Waals surface area contributed by atoms with Gasteiger partial charge in [-0.3, -0.25) is 4.79 Å². The van der Waals surface area contributed by atoms with E-state index in [1.54, 1.807) is 24.3 Å². The number of benzene rings is 2. The first-order valence-electron chi connectivity index (χ1n) is 7.94. The maximum Gasteiger partial charge on any atom is 0.387 e. The number of rotatable bonds is 7. The molecule has 9 heteroatoms. The van der Waals surface area contributed by atoms with Gasteiger partial charge in [-0.1, -0.05) is 23.7 Å². The molecular formula is C19H13ClF3NO4. The third kappa shape index (κ3) is 4.98. The fourth-order valence-electron chi connectivity index (χ4n) is 2.27. The van der Waals surface area contributed by atoms with Crippen LogP contribution in [0.15, 0.2) is 59.0 Å². The zero-order chi connectivity index (χ0) is 20.1. The quantitative estimate of drug-likeness (QED) is 0.557. The topological polar surface area (TPSA) is 60.7 Å². The molecule has 1 aromatic heterocycles. The maximum atomic E-state index is 13.2. The Kier molecular flexibility index (Phi) is 6.10. The van der Waals surface area contributed by atoms with Gasteiger partial charge in [-0.15, -0.1) is 0 Å². The summed E-state index contributed by atoms with van der Waals surface area (Å²) >= 11 is 5.99. The molecular weight excluding hydrogens is 399 g/mol. The summed E-state index contributed by atoms with van der Waals surface area (Å²) in [6, 6.07) is 12.6. The van der Waals surface area contributed by atoms with Gasteiger partial charge >= 0.3 is 6.61 Å². The third-order valence-corrected chi connectivity index (χ3v) is 3.81. The SMILES string of the molecule is O=C(Nc1ccc(F)cc1OC(F)F)c1ccc(COc2ccccc2Cl)o1. The summed E-state index contributed by atoms with van der Waals surface area (Å²) in [6.07, 6.45) is 0. The van der Waals surface area contributed by atoms with Crippen molar-refractivity contribution < 1.29 is 31.9 Å². The molecule has 0 atom stereocenters. The van der Waals surface area contributed by atoms with Crippen LogP contribution in [0.25, 0.3) is 0 Å². The Balaban J connectivity index is 1.67. The molecule has 0 aliphatic carbocycles. The average Bonchev–Trinajstić information content (AvgIpc) is 3.12. The zero-order valence-corrected chi connectivity index (χ0v) is 14.9. The standard InChI is InChI=1S/C19H13ClF3NO4/c20-13-3-1-2-4-15(13)26-10-12-6-8-16(27-12)18(25)24-14-7-5-11(21)9-17(14)28-19(22)23/h1-9,19H,10H2,(H,24,25). The van der Waals surface area contributed by atoms with Crippen LogP contribution in [0, 0.1) is 5.82 Å². The average molecular weight is 412 g/mol. The van der Waals surface area contributed by atoms with Crippen molar-refractivity contribution in [3.05, 3.63) is 77.0 Å². The number of carbonyl (C=O) groups is 1. The van der Waals surface area contributed by atoms with Gasteiger partial charge in [0.15, 0.2) is 11.5 Å². The van der Waals surface area contributed by atoms with Gasteiger partial charge in [-0.25, -0.2) is 4.39 Å². The molecule has 0 spiro atoms. The predicted molar refractivity (Wildman–Crippen MR) is 95.5 cm³/mol. The fraction of sp³-hybridized carbons (Fsp3) is 0.105. The second-order valence-corrected chi connectivity index (χ2v) is 5.87. The molecule has 0 radical (unpaired) electrons. The minimum Gasteiger partial charge on any atom is -0.484 e. The normalized spacial score (nSPS) is 10.8. The second-order valence-electron chi connectivity index (χ2n) is 5.46. The summed E-state index contributed by atoms with van der Waals surface area (Å²) < 4.78 is 53.2. The Morgan fingerprint density at radius 1 is 1.11 bits per heavy atom. The minimum atomic E-state index is -3.17. The molecule has 0 unspecified atom stereocenters. The number of nitrogens with one attached hydrogen (secondary N) is 1. The molecule has 146 valence electrons. The van der Waals surface area contributed by atoms with E-state index < -0.39 is 24.1 Å². The summed E-state index contributed by atoms with van der Waals surface area (Å²) in [5.41, 5.74) is -0.128. The molecule has 5 nitrogen and oxygen atoms in total. The summed E-state index contributed by atoms with van der Waals surface area (Å²) in [4.78, 5) is 12.3. The maximum absolute atomic E-state index is 13.2. The lowest BCUT2D eigenvalue weighted by molar-refractivity contribution is -0.0495. The predicted octanol–water partition coefficient (Wildman–Crippen LogP) is 5.50. The Bertz CT molecular complexity index is 977. The molecule has 1 heterocycles. The molecule has 1 N–H and O–H groups in total. The van der Waals surface area contributed by atoms with Crippen LogP contribution in [0.1, 0.15) is 16.3 Å². The number of ether oxygens (including phenoxy) is 2. The van der Waals surface area contributed by atoms with Gasteiger partial charge in [0, 0.05) is 6.07 Å². The van der Waals surface area contributed by atoms with Crippen LogP contribution in [0.2, 0.25) is 5.02 Å². The molecule has 0 aliphatic rings. The Morgan fingerprint density at radius 2 is 1.89 bits per heavy atom. The second kappa shape index (κ2) is 8.71. The van der Waals surface area contributed by atoms with Crippen molar-refractivity contribution in [3.8, 4) is 11.5 Å². The van der Waals surface area contributed by atoms with Crippen LogP contribution in [0.3, 0.4) is 0 Å². The van der Waals surface area contributed by atoms with Gasteiger partial charge in [0.05, 0.1) is 10.7 Å². The van der Waals surface area contributed by atoms with Crippen LogP contribution >= 0.6 is 11.6 Å². The lowest BCUT2D eigenvalue weighted by atomic mass is 10.2. The van der Waals surface area contributed by atoms with Crippen molar-refractivity contribution in [2.75, 3.05) is 5.32 Å². The van der Waals surface area contributed by atoms with E-state index in [2.05, 4.69) is 10.1 Å². The van der Waals surface area contributed by atoms with Crippen LogP contribution in [-0.2, 0) is 6.61 Å². The van der Waals surface area contributed by atoms with Crippen molar-refractivity contribution in [2.45, 2.75) is 13.2 Å². The van der Waals surface area contributed by atoms with Gasteiger partial charge in [0.1, 0.15) is 23.9 Å². The van der Waals surface area contributed by atoms with Gasteiger partial charge < -0.3 is 19.2 Å². The minimum absolute atomic E-state index is 0.0211. The first-order chi connectivity index (χ1) is 13.4. The van der Waals surface area contributed by atoms with Gasteiger partial charge in [0.2, 0.25) is 0 Å². The summed E-state index contributed by atoms with van der Waals surface area (Å²) in [5.74, 6) is -1.32. The van der Waals surface area contributed by atoms with E-state index in [4.69, 9.17) is 20.8 Å². The summed E-state index contributed by atoms with van der Waals surface area (Å²) in [7, 11) is 0. The Hall–Kier alpha value is -3.13. The van der Waals surface area contributed by atoms with Crippen molar-refractivity contribution in [1.82, 2.24) is 0 Å². The lowest BCUT2D eigenvalue weighted by Crippen LogP contribution is -2.13. The number of amides is 1. The number of hydrogen-bond acceptors (Lipinski definition) is 4. The molecule has 3 rings (SSSR count). The zero-order valence-electron chi connectivity index (χ0n) is 14.1. The molecule has 28 heavy (non-hydrogen) atoms. The van der Waals surface area contributed by atoms with E-state index in [1.807, 2.05) is 0 Å². The van der Waals surface area contributed by atoms with Crippen LogP contribution < -0.4 is 14.8 Å². The number of alkyl halides is 2. The Labute approximate surface area is 162 Å². The Morgan fingerprint density at radius 3 is 2.64 bits per heavy atom. The largest absolute Gasteiger partial charge is 0.484 e. The molecule has 0 saturated carbocycles. The number of carbonyl (C=O) groups excluding carboxylic acids is 1. The first-order valence-corrected chi connectivity index (χ1v) is 8.32. The van der Waals surface area contributed by atoms with Gasteiger partial charge in [-0.2, -0.15) is 8.78 Å². The first kappa shape index (κ1) is 19.6. The van der Waals surface area contributed by atoms with Crippen molar-refractivity contribution in [3.63, 3.8) is 0 Å². The highest BCUT2D eigenvalue weighted by molar-refractivity contribution is 6.32. The molecule has 0 aliphatic heterocycles. The van der Waals surface area contributed by atoms with E-state index in [0.717, 1.165) is 18.2 Å². The smallest absolute Gasteiger partial charge is 0.387 e. The van der Waals surface area contributed by atoms with Crippen LogP contribution in [0.4, 0.5) is 18.9 Å². The molecule has 2 aromatic carbocycles. The number of furan rings is 1. The number of para-hydroxylation sites is 1. The lowest BCUT2D eigenvalue weighted by Gasteiger charge is -2.11. The molecule has 1 amide bonds. The molecule has 0 saturated heterocycles. The monoisotopic (exact) mass is 411 g/mol.